The smallest absolute Gasteiger partial charge is 0.344 e. The number of hydrogen-bond acceptors (Lipinski definition) is 10. The molecule has 0 unspecified atom stereocenters. The van der Waals surface area contributed by atoms with E-state index in [9.17, 15) is 29.7 Å². The molecular weight excluding hydrogens is 518 g/mol. The lowest BCUT2D eigenvalue weighted by Crippen LogP contribution is -2.86. The second-order valence-electron chi connectivity index (χ2n) is 12.7. The summed E-state index contributed by atoms with van der Waals surface area (Å²) < 4.78 is 17.2. The highest BCUT2D eigenvalue weighted by Gasteiger charge is 2.81. The Morgan fingerprint density at radius 2 is 1.68 bits per heavy atom. The summed E-state index contributed by atoms with van der Waals surface area (Å²) in [5.74, 6) is -3.12. The molecule has 1 aliphatic heterocycles. The van der Waals surface area contributed by atoms with Crippen molar-refractivity contribution in [3.05, 3.63) is 38.0 Å². The molecule has 3 rings (SSSR count). The van der Waals surface area contributed by atoms with E-state index in [1.165, 1.54) is 13.0 Å². The summed E-state index contributed by atoms with van der Waals surface area (Å²) in [6, 6.07) is 0. The predicted octanol–water partition coefficient (Wildman–Crippen LogP) is 1.72. The summed E-state index contributed by atoms with van der Waals surface area (Å²) in [5, 5.41) is 35.6. The van der Waals surface area contributed by atoms with Gasteiger partial charge in [0.25, 0.3) is 0 Å². The summed E-state index contributed by atoms with van der Waals surface area (Å²) in [5.41, 5.74) is -7.73. The lowest BCUT2D eigenvalue weighted by atomic mass is 9.40. The van der Waals surface area contributed by atoms with Crippen LogP contribution in [0.15, 0.2) is 38.0 Å². The van der Waals surface area contributed by atoms with Crippen molar-refractivity contribution in [2.24, 2.45) is 16.7 Å². The molecule has 40 heavy (non-hydrogen) atoms. The van der Waals surface area contributed by atoms with Gasteiger partial charge in [0.2, 0.25) is 0 Å². The third-order valence-electron chi connectivity index (χ3n) is 9.46. The van der Waals surface area contributed by atoms with E-state index in [0.717, 1.165) is 0 Å². The van der Waals surface area contributed by atoms with Gasteiger partial charge >= 0.3 is 11.9 Å². The average Bonchev–Trinajstić information content (AvgIpc) is 2.86. The van der Waals surface area contributed by atoms with Gasteiger partial charge in [-0.1, -0.05) is 39.0 Å². The Morgan fingerprint density at radius 3 is 2.23 bits per heavy atom. The lowest BCUT2D eigenvalue weighted by molar-refractivity contribution is -0.370. The van der Waals surface area contributed by atoms with Gasteiger partial charge < -0.3 is 29.5 Å². The van der Waals surface area contributed by atoms with E-state index in [0.29, 0.717) is 25.9 Å². The number of ether oxygens (including phenoxy) is 3. The number of carbonyl (C=O) groups is 3. The van der Waals surface area contributed by atoms with Gasteiger partial charge in [0, 0.05) is 30.8 Å². The zero-order valence-electron chi connectivity index (χ0n) is 24.4. The van der Waals surface area contributed by atoms with Gasteiger partial charge in [0.1, 0.15) is 5.60 Å². The summed E-state index contributed by atoms with van der Waals surface area (Å²) in [7, 11) is 0. The molecule has 0 spiro atoms. The standard InChI is InChI=1S/C30H45NO9/c1-9-14-31(15-10-2)17-21(34)38-18-22(35)39-25-23(36)24-26(4,5)13-12-19(32)28(24,7)30(37)20(33)16-27(6,11-3)40-29(25,30)8/h9-11,19,23-25,32,36-37H,1-3,12-18H2,4-8H3/t19-,23-,24-,25-,27-,28-,29+,30-/m0/s1. The topological polar surface area (TPSA) is 143 Å². The van der Waals surface area contributed by atoms with E-state index in [1.54, 1.807) is 30.9 Å². The Labute approximate surface area is 236 Å². The molecule has 10 nitrogen and oxygen atoms in total. The van der Waals surface area contributed by atoms with Crippen LogP contribution in [0, 0.1) is 16.7 Å². The molecule has 2 aliphatic carbocycles. The number of hydrogen-bond donors (Lipinski definition) is 3. The Kier molecular flexibility index (Phi) is 8.95. The molecule has 1 heterocycles. The van der Waals surface area contributed by atoms with Gasteiger partial charge in [-0.25, -0.2) is 4.79 Å². The molecule has 1 saturated heterocycles. The second kappa shape index (κ2) is 11.1. The van der Waals surface area contributed by atoms with Crippen LogP contribution in [0.5, 0.6) is 0 Å². The summed E-state index contributed by atoms with van der Waals surface area (Å²) in [6.07, 6.45) is 1.14. The van der Waals surface area contributed by atoms with Crippen molar-refractivity contribution >= 4 is 17.7 Å². The minimum absolute atomic E-state index is 0.114. The van der Waals surface area contributed by atoms with E-state index in [2.05, 4.69) is 19.7 Å². The maximum absolute atomic E-state index is 13.9. The van der Waals surface area contributed by atoms with Crippen molar-refractivity contribution in [1.82, 2.24) is 4.90 Å². The Bertz CT molecular complexity index is 1050. The number of ketones is 1. The second-order valence-corrected chi connectivity index (χ2v) is 12.7. The maximum Gasteiger partial charge on any atom is 0.344 e. The first-order valence-electron chi connectivity index (χ1n) is 13.7. The van der Waals surface area contributed by atoms with Crippen LogP contribution in [-0.4, -0.2) is 99.3 Å². The number of fused-ring (bicyclic) bond motifs is 3. The SMILES string of the molecule is C=CCN(CC=C)CC(=O)OCC(=O)O[C@H]1[C@@H](O)[C@H]2C(C)(C)CC[C@H](O)[C@]2(C)[C@@]2(O)C(=O)C[C@](C)(C=C)O[C@]12C. The van der Waals surface area contributed by atoms with Gasteiger partial charge in [-0.05, 0) is 32.1 Å². The van der Waals surface area contributed by atoms with Crippen molar-refractivity contribution < 1.29 is 43.9 Å². The molecule has 0 aromatic carbocycles. The molecule has 10 heteroatoms. The predicted molar refractivity (Wildman–Crippen MR) is 147 cm³/mol. The fourth-order valence-electron chi connectivity index (χ4n) is 7.59. The van der Waals surface area contributed by atoms with E-state index in [1.807, 2.05) is 13.8 Å². The average molecular weight is 564 g/mol. The highest BCUT2D eigenvalue weighted by molar-refractivity contribution is 5.92. The lowest BCUT2D eigenvalue weighted by Gasteiger charge is -2.71. The quantitative estimate of drug-likeness (QED) is 0.266. The normalized spacial score (nSPS) is 40.4. The van der Waals surface area contributed by atoms with Gasteiger partial charge in [0.15, 0.2) is 24.1 Å². The molecule has 3 fully saturated rings. The van der Waals surface area contributed by atoms with Crippen LogP contribution in [0.2, 0.25) is 0 Å². The minimum Gasteiger partial charge on any atom is -0.454 e. The van der Waals surface area contributed by atoms with Crippen LogP contribution in [-0.2, 0) is 28.6 Å². The van der Waals surface area contributed by atoms with Crippen molar-refractivity contribution in [2.45, 2.75) is 89.0 Å². The molecule has 0 aromatic heterocycles. The number of esters is 2. The van der Waals surface area contributed by atoms with Gasteiger partial charge in [-0.3, -0.25) is 14.5 Å². The van der Waals surface area contributed by atoms with Crippen LogP contribution < -0.4 is 0 Å². The zero-order chi connectivity index (χ0) is 30.3. The van der Waals surface area contributed by atoms with E-state index >= 15 is 0 Å². The van der Waals surface area contributed by atoms with E-state index in [4.69, 9.17) is 14.2 Å². The first kappa shape index (κ1) is 32.1. The summed E-state index contributed by atoms with van der Waals surface area (Å²) >= 11 is 0. The molecule has 3 N–H and O–H groups in total. The summed E-state index contributed by atoms with van der Waals surface area (Å²) in [4.78, 5) is 41.0. The Hall–Kier alpha value is -2.37. The van der Waals surface area contributed by atoms with Crippen molar-refractivity contribution in [3.63, 3.8) is 0 Å². The van der Waals surface area contributed by atoms with Crippen LogP contribution in [0.25, 0.3) is 0 Å². The highest BCUT2D eigenvalue weighted by Crippen LogP contribution is 2.67. The fraction of sp³-hybridized carbons (Fsp3) is 0.700. The maximum atomic E-state index is 13.9. The van der Waals surface area contributed by atoms with Gasteiger partial charge in [-0.2, -0.15) is 0 Å². The zero-order valence-corrected chi connectivity index (χ0v) is 24.4. The number of carbonyl (C=O) groups excluding carboxylic acids is 3. The van der Waals surface area contributed by atoms with Crippen molar-refractivity contribution in [3.8, 4) is 0 Å². The number of Topliss-reactive ketones (excluding diaryl/α,β-unsaturated/α-hetero) is 1. The van der Waals surface area contributed by atoms with Crippen molar-refractivity contribution in [2.75, 3.05) is 26.2 Å². The largest absolute Gasteiger partial charge is 0.454 e. The molecule has 0 amide bonds. The molecular formula is C30H45NO9. The van der Waals surface area contributed by atoms with Gasteiger partial charge in [0.05, 0.1) is 24.4 Å². The van der Waals surface area contributed by atoms with Gasteiger partial charge in [-0.15, -0.1) is 19.7 Å². The van der Waals surface area contributed by atoms with Crippen LogP contribution >= 0.6 is 0 Å². The fourth-order valence-corrected chi connectivity index (χ4v) is 7.59. The van der Waals surface area contributed by atoms with Crippen LogP contribution in [0.1, 0.15) is 53.9 Å². The number of aliphatic hydroxyl groups excluding tert-OH is 2. The Morgan fingerprint density at radius 1 is 1.07 bits per heavy atom. The molecule has 8 atom stereocenters. The first-order chi connectivity index (χ1) is 18.5. The number of nitrogens with zero attached hydrogens (tertiary/aromatic N) is 1. The highest BCUT2D eigenvalue weighted by atomic mass is 16.6. The molecule has 2 saturated carbocycles. The van der Waals surface area contributed by atoms with Crippen LogP contribution in [0.3, 0.4) is 0 Å². The monoisotopic (exact) mass is 563 g/mol. The van der Waals surface area contributed by atoms with E-state index < -0.39 is 76.2 Å². The third kappa shape index (κ3) is 4.98. The molecule has 0 aromatic rings. The number of rotatable bonds is 10. The third-order valence-corrected chi connectivity index (χ3v) is 9.46. The van der Waals surface area contributed by atoms with Crippen LogP contribution in [0.4, 0.5) is 0 Å². The minimum atomic E-state index is -2.33. The van der Waals surface area contributed by atoms with Crippen molar-refractivity contribution in [1.29, 1.82) is 0 Å². The molecule has 3 aliphatic rings. The Balaban J connectivity index is 1.97. The van der Waals surface area contributed by atoms with E-state index in [-0.39, 0.29) is 13.0 Å². The molecule has 224 valence electrons. The first-order valence-corrected chi connectivity index (χ1v) is 13.7. The number of aliphatic hydroxyl groups is 3. The molecule has 0 radical (unpaired) electrons. The summed E-state index contributed by atoms with van der Waals surface area (Å²) in [6.45, 7) is 19.4. The molecule has 0 bridgehead atoms.